The van der Waals surface area contributed by atoms with Crippen LogP contribution in [0.3, 0.4) is 0 Å². The van der Waals surface area contributed by atoms with E-state index in [9.17, 15) is 18.3 Å². The summed E-state index contributed by atoms with van der Waals surface area (Å²) in [4.78, 5) is 9.28. The zero-order valence-electron chi connectivity index (χ0n) is 17.7. The second kappa shape index (κ2) is 7.95. The van der Waals surface area contributed by atoms with E-state index in [1.54, 1.807) is 50.4 Å². The molecule has 3 rings (SSSR count). The minimum Gasteiger partial charge on any atom is -0.380 e. The van der Waals surface area contributed by atoms with Crippen molar-refractivity contribution in [2.75, 3.05) is 18.5 Å². The van der Waals surface area contributed by atoms with E-state index in [0.717, 1.165) is 23.3 Å². The molecule has 0 saturated heterocycles. The number of aromatic amines is 1. The van der Waals surface area contributed by atoms with Crippen LogP contribution in [0, 0.1) is 0 Å². The molecule has 2 heterocycles. The predicted octanol–water partition coefficient (Wildman–Crippen LogP) is 5.22. The smallest absolute Gasteiger partial charge is 0.380 e. The zero-order chi connectivity index (χ0) is 22.2. The van der Waals surface area contributed by atoms with Gasteiger partial charge < -0.3 is 15.0 Å². The summed E-state index contributed by atoms with van der Waals surface area (Å²) in [5.41, 5.74) is -2.02. The average Bonchev–Trinajstić information content (AvgIpc) is 3.07. The molecule has 162 valence electrons. The highest BCUT2D eigenvalue weighted by atomic mass is 19.4. The lowest BCUT2D eigenvalue weighted by Crippen LogP contribution is -2.50. The Kier molecular flexibility index (Phi) is 5.87. The molecule has 0 amide bonds. The van der Waals surface area contributed by atoms with E-state index >= 15 is 0 Å². The number of benzene rings is 1. The zero-order valence-corrected chi connectivity index (χ0v) is 17.7. The molecule has 3 aromatic rings. The van der Waals surface area contributed by atoms with Gasteiger partial charge in [-0.15, -0.1) is 0 Å². The third-order valence-corrected chi connectivity index (χ3v) is 5.71. The fraction of sp³-hybridized carbons (Fsp3) is 0.435. The Hall–Kier alpha value is -2.54. The Bertz CT molecular complexity index is 998. The third-order valence-electron chi connectivity index (χ3n) is 5.71. The van der Waals surface area contributed by atoms with Crippen LogP contribution in [-0.4, -0.2) is 40.4 Å². The molecule has 0 aliphatic heterocycles. The third kappa shape index (κ3) is 4.46. The number of aromatic nitrogens is 2. The first-order chi connectivity index (χ1) is 13.9. The molecular weight excluding hydrogens is 391 g/mol. The molecule has 1 unspecified atom stereocenters. The number of nitrogens with one attached hydrogen (secondary N) is 1. The second-order valence-corrected chi connectivity index (χ2v) is 8.57. The number of nitrogens with zero attached hydrogens (tertiary/aromatic N) is 2. The van der Waals surface area contributed by atoms with E-state index in [1.807, 2.05) is 31.0 Å². The highest BCUT2D eigenvalue weighted by Crippen LogP contribution is 2.43. The van der Waals surface area contributed by atoms with Crippen LogP contribution < -0.4 is 4.90 Å². The first kappa shape index (κ1) is 22.2. The summed E-state index contributed by atoms with van der Waals surface area (Å²) in [5, 5.41) is 11.6. The SMILES string of the molecule is CCN(C)c1cc2cc(CC(O)(CC(C)(C)c3ccccc3)C(F)(F)F)[nH]c2cn1. The minimum absolute atomic E-state index is 0.326. The Morgan fingerprint density at radius 3 is 2.37 bits per heavy atom. The molecule has 1 aromatic carbocycles. The quantitative estimate of drug-likeness (QED) is 0.552. The molecule has 0 radical (unpaired) electrons. The molecule has 0 fully saturated rings. The van der Waals surface area contributed by atoms with Crippen molar-refractivity contribution in [3.63, 3.8) is 0 Å². The van der Waals surface area contributed by atoms with Gasteiger partial charge in [-0.05, 0) is 36.5 Å². The number of aliphatic hydroxyl groups is 1. The van der Waals surface area contributed by atoms with Crippen molar-refractivity contribution in [1.29, 1.82) is 0 Å². The van der Waals surface area contributed by atoms with Crippen LogP contribution in [0.1, 0.15) is 38.4 Å². The lowest BCUT2D eigenvalue weighted by atomic mass is 9.73. The van der Waals surface area contributed by atoms with Crippen LogP contribution in [-0.2, 0) is 11.8 Å². The molecular formula is C23H28F3N3O. The Morgan fingerprint density at radius 2 is 1.77 bits per heavy atom. The topological polar surface area (TPSA) is 52.1 Å². The van der Waals surface area contributed by atoms with Crippen molar-refractivity contribution in [2.45, 2.75) is 50.8 Å². The molecule has 0 bridgehead atoms. The summed E-state index contributed by atoms with van der Waals surface area (Å²) in [6, 6.07) is 12.5. The van der Waals surface area contributed by atoms with Crippen LogP contribution in [0.15, 0.2) is 48.7 Å². The van der Waals surface area contributed by atoms with Gasteiger partial charge >= 0.3 is 6.18 Å². The molecule has 1 atom stereocenters. The number of anilines is 1. The van der Waals surface area contributed by atoms with Gasteiger partial charge in [-0.1, -0.05) is 44.2 Å². The number of H-pyrrole nitrogens is 1. The number of hydrogen-bond acceptors (Lipinski definition) is 3. The first-order valence-electron chi connectivity index (χ1n) is 9.98. The van der Waals surface area contributed by atoms with Gasteiger partial charge in [-0.25, -0.2) is 4.98 Å². The van der Waals surface area contributed by atoms with Gasteiger partial charge in [0, 0.05) is 31.1 Å². The molecule has 2 N–H and O–H groups in total. The van der Waals surface area contributed by atoms with Crippen molar-refractivity contribution < 1.29 is 18.3 Å². The van der Waals surface area contributed by atoms with Gasteiger partial charge in [0.15, 0.2) is 5.60 Å². The fourth-order valence-corrected chi connectivity index (χ4v) is 3.85. The molecule has 2 aromatic heterocycles. The van der Waals surface area contributed by atoms with Gasteiger partial charge in [0.25, 0.3) is 0 Å². The van der Waals surface area contributed by atoms with Gasteiger partial charge in [0.1, 0.15) is 5.82 Å². The van der Waals surface area contributed by atoms with Crippen molar-refractivity contribution in [2.24, 2.45) is 0 Å². The average molecular weight is 419 g/mol. The Labute approximate surface area is 174 Å². The molecule has 30 heavy (non-hydrogen) atoms. The highest BCUT2D eigenvalue weighted by Gasteiger charge is 2.56. The maximum absolute atomic E-state index is 14.0. The van der Waals surface area contributed by atoms with E-state index < -0.39 is 30.0 Å². The predicted molar refractivity (Wildman–Crippen MR) is 114 cm³/mol. The van der Waals surface area contributed by atoms with Crippen molar-refractivity contribution in [3.8, 4) is 0 Å². The molecule has 0 spiro atoms. The highest BCUT2D eigenvalue weighted by molar-refractivity contribution is 5.82. The lowest BCUT2D eigenvalue weighted by molar-refractivity contribution is -0.266. The monoisotopic (exact) mass is 419 g/mol. The van der Waals surface area contributed by atoms with Crippen LogP contribution >= 0.6 is 0 Å². The van der Waals surface area contributed by atoms with E-state index in [4.69, 9.17) is 0 Å². The van der Waals surface area contributed by atoms with Crippen molar-refractivity contribution in [1.82, 2.24) is 9.97 Å². The largest absolute Gasteiger partial charge is 0.417 e. The maximum Gasteiger partial charge on any atom is 0.417 e. The standard InChI is InChI=1S/C23H28F3N3O/c1-5-29(4)20-12-16-11-18(28-19(16)14-27-20)13-22(30,23(24,25)26)15-21(2,3)17-9-7-6-8-10-17/h6-12,14,28,30H,5,13,15H2,1-4H3. The van der Waals surface area contributed by atoms with Crippen LogP contribution in [0.4, 0.5) is 19.0 Å². The van der Waals surface area contributed by atoms with E-state index in [-0.39, 0.29) is 0 Å². The van der Waals surface area contributed by atoms with E-state index in [1.165, 1.54) is 0 Å². The van der Waals surface area contributed by atoms with Crippen LogP contribution in [0.2, 0.25) is 0 Å². The number of pyridine rings is 1. The number of hydrogen-bond donors (Lipinski definition) is 2. The number of alkyl halides is 3. The summed E-state index contributed by atoms with van der Waals surface area (Å²) in [6.45, 7) is 6.20. The molecule has 4 nitrogen and oxygen atoms in total. The molecule has 0 saturated carbocycles. The van der Waals surface area contributed by atoms with Gasteiger partial charge in [0.2, 0.25) is 0 Å². The maximum atomic E-state index is 14.0. The summed E-state index contributed by atoms with van der Waals surface area (Å²) >= 11 is 0. The number of halogens is 3. The summed E-state index contributed by atoms with van der Waals surface area (Å²) < 4.78 is 42.1. The molecule has 0 aliphatic rings. The van der Waals surface area contributed by atoms with Crippen molar-refractivity contribution in [3.05, 3.63) is 59.9 Å². The Balaban J connectivity index is 1.93. The second-order valence-electron chi connectivity index (χ2n) is 8.57. The van der Waals surface area contributed by atoms with Gasteiger partial charge in [0.05, 0.1) is 11.7 Å². The van der Waals surface area contributed by atoms with Crippen LogP contribution in [0.25, 0.3) is 10.9 Å². The molecule has 0 aliphatic carbocycles. The summed E-state index contributed by atoms with van der Waals surface area (Å²) in [6.07, 6.45) is -4.17. The number of rotatable bonds is 7. The summed E-state index contributed by atoms with van der Waals surface area (Å²) in [7, 11) is 1.90. The van der Waals surface area contributed by atoms with Gasteiger partial charge in [-0.3, -0.25) is 0 Å². The minimum atomic E-state index is -4.78. The van der Waals surface area contributed by atoms with Gasteiger partial charge in [-0.2, -0.15) is 13.2 Å². The molecule has 7 heteroatoms. The van der Waals surface area contributed by atoms with E-state index in [2.05, 4.69) is 9.97 Å². The Morgan fingerprint density at radius 1 is 1.10 bits per heavy atom. The summed E-state index contributed by atoms with van der Waals surface area (Å²) in [5.74, 6) is 0.742. The van der Waals surface area contributed by atoms with Crippen LogP contribution in [0.5, 0.6) is 0 Å². The fourth-order valence-electron chi connectivity index (χ4n) is 3.85. The number of fused-ring (bicyclic) bond motifs is 1. The van der Waals surface area contributed by atoms with Crippen molar-refractivity contribution >= 4 is 16.7 Å². The van der Waals surface area contributed by atoms with E-state index in [0.29, 0.717) is 11.2 Å². The normalized spacial score (nSPS) is 14.7. The lowest BCUT2D eigenvalue weighted by Gasteiger charge is -2.37. The first-order valence-corrected chi connectivity index (χ1v) is 9.98.